The molecule has 0 bridgehead atoms. The van der Waals surface area contributed by atoms with Crippen LogP contribution in [-0.4, -0.2) is 17.1 Å². The quantitative estimate of drug-likeness (QED) is 0.289. The normalized spacial score (nSPS) is 11.3. The lowest BCUT2D eigenvalue weighted by Gasteiger charge is -2.18. The predicted molar refractivity (Wildman–Crippen MR) is 119 cm³/mol. The average molecular weight is 468 g/mol. The molecule has 0 atom stereocenters. The molecule has 0 spiro atoms. The Hall–Kier alpha value is -1.92. The molecule has 0 saturated carbocycles. The molecule has 0 radical (unpaired) electrons. The van der Waals surface area contributed by atoms with Crippen molar-refractivity contribution in [2.24, 2.45) is 0 Å². The van der Waals surface area contributed by atoms with Gasteiger partial charge in [0.05, 0.1) is 22.5 Å². The van der Waals surface area contributed by atoms with Crippen molar-refractivity contribution in [2.45, 2.75) is 13.8 Å². The van der Waals surface area contributed by atoms with Crippen LogP contribution in [0.2, 0.25) is 15.2 Å². The van der Waals surface area contributed by atoms with Gasteiger partial charge in [-0.2, -0.15) is 0 Å². The molecule has 0 aliphatic heterocycles. The molecular weight excluding hydrogens is 454 g/mol. The van der Waals surface area contributed by atoms with E-state index in [0.29, 0.717) is 26.3 Å². The molecule has 4 aromatic rings. The number of methoxy groups -OCH3 is 1. The fourth-order valence-electron chi connectivity index (χ4n) is 3.43. The molecule has 0 saturated heterocycles. The van der Waals surface area contributed by atoms with E-state index in [-0.39, 0.29) is 5.82 Å². The van der Waals surface area contributed by atoms with E-state index in [1.165, 1.54) is 36.9 Å². The molecule has 29 heavy (non-hydrogen) atoms. The monoisotopic (exact) mass is 466 g/mol. The highest BCUT2D eigenvalue weighted by atomic mass is 35.5. The maximum atomic E-state index is 13.5. The summed E-state index contributed by atoms with van der Waals surface area (Å²) in [5.41, 5.74) is 4.09. The standard InChI is InChI=1S/C21H14Cl3FN2OS/c1-9-13(10(2)17(23)18(28-3)16(9)22)14-15-20(24)26-8-27-21(15)29-19(14)11-4-6-12(25)7-5-11/h4-8H,1-3H3. The molecular formula is C21H14Cl3FN2OS. The van der Waals surface area contributed by atoms with Crippen molar-refractivity contribution in [3.8, 4) is 27.3 Å². The molecule has 3 nitrogen and oxygen atoms in total. The number of hydrogen-bond donors (Lipinski definition) is 0. The van der Waals surface area contributed by atoms with Crippen LogP contribution in [0.15, 0.2) is 30.6 Å². The van der Waals surface area contributed by atoms with Crippen LogP contribution in [0, 0.1) is 19.7 Å². The van der Waals surface area contributed by atoms with Gasteiger partial charge in [-0.1, -0.05) is 46.9 Å². The lowest BCUT2D eigenvalue weighted by Crippen LogP contribution is -1.97. The summed E-state index contributed by atoms with van der Waals surface area (Å²) in [4.78, 5) is 10.2. The Morgan fingerprint density at radius 1 is 0.931 bits per heavy atom. The summed E-state index contributed by atoms with van der Waals surface area (Å²) < 4.78 is 18.9. The van der Waals surface area contributed by atoms with Crippen molar-refractivity contribution in [3.05, 3.63) is 62.7 Å². The largest absolute Gasteiger partial charge is 0.494 e. The molecule has 4 rings (SSSR count). The third-order valence-electron chi connectivity index (χ3n) is 4.81. The number of halogens is 4. The Morgan fingerprint density at radius 3 is 2.14 bits per heavy atom. The van der Waals surface area contributed by atoms with E-state index in [2.05, 4.69) is 9.97 Å². The zero-order chi connectivity index (χ0) is 20.9. The van der Waals surface area contributed by atoms with E-state index in [1.807, 2.05) is 13.8 Å². The smallest absolute Gasteiger partial charge is 0.156 e. The SMILES string of the molecule is COc1c(Cl)c(C)c(-c2c(-c3ccc(F)cc3)sc3ncnc(Cl)c23)c(C)c1Cl. The summed E-state index contributed by atoms with van der Waals surface area (Å²) in [6.07, 6.45) is 1.42. The van der Waals surface area contributed by atoms with E-state index < -0.39 is 0 Å². The van der Waals surface area contributed by atoms with Gasteiger partial charge in [0.25, 0.3) is 0 Å². The van der Waals surface area contributed by atoms with Gasteiger partial charge in [-0.15, -0.1) is 11.3 Å². The fraction of sp³-hybridized carbons (Fsp3) is 0.143. The van der Waals surface area contributed by atoms with Gasteiger partial charge in [0.2, 0.25) is 0 Å². The molecule has 0 amide bonds. The van der Waals surface area contributed by atoms with Crippen molar-refractivity contribution >= 4 is 56.4 Å². The molecule has 0 N–H and O–H groups in total. The summed E-state index contributed by atoms with van der Waals surface area (Å²) in [5, 5.41) is 1.89. The van der Waals surface area contributed by atoms with Crippen molar-refractivity contribution in [2.75, 3.05) is 7.11 Å². The predicted octanol–water partition coefficient (Wildman–Crippen LogP) is 7.75. The third-order valence-corrected chi connectivity index (χ3v) is 7.15. The van der Waals surface area contributed by atoms with E-state index in [0.717, 1.165) is 37.5 Å². The van der Waals surface area contributed by atoms with Gasteiger partial charge in [0.15, 0.2) is 5.75 Å². The Balaban J connectivity index is 2.17. The maximum absolute atomic E-state index is 13.5. The zero-order valence-corrected chi connectivity index (χ0v) is 18.7. The number of fused-ring (bicyclic) bond motifs is 1. The Labute approximate surface area is 186 Å². The molecule has 2 aromatic heterocycles. The Kier molecular flexibility index (Phi) is 5.42. The highest BCUT2D eigenvalue weighted by Crippen LogP contribution is 2.51. The van der Waals surface area contributed by atoms with Gasteiger partial charge < -0.3 is 4.74 Å². The molecule has 2 heterocycles. The second-order valence-electron chi connectivity index (χ2n) is 6.44. The first-order valence-corrected chi connectivity index (χ1v) is 10.5. The van der Waals surface area contributed by atoms with Crippen LogP contribution in [0.1, 0.15) is 11.1 Å². The number of ether oxygens (including phenoxy) is 1. The highest BCUT2D eigenvalue weighted by Gasteiger charge is 2.26. The Bertz CT molecular complexity index is 1230. The second kappa shape index (κ2) is 7.73. The lowest BCUT2D eigenvalue weighted by molar-refractivity contribution is 0.414. The Morgan fingerprint density at radius 2 is 1.55 bits per heavy atom. The molecule has 0 aliphatic rings. The summed E-state index contributed by atoms with van der Waals surface area (Å²) in [6, 6.07) is 6.29. The summed E-state index contributed by atoms with van der Waals surface area (Å²) in [7, 11) is 1.53. The first-order chi connectivity index (χ1) is 13.8. The van der Waals surface area contributed by atoms with Crippen LogP contribution in [0.4, 0.5) is 4.39 Å². The highest BCUT2D eigenvalue weighted by molar-refractivity contribution is 7.22. The molecule has 0 fully saturated rings. The van der Waals surface area contributed by atoms with Gasteiger partial charge in [-0.25, -0.2) is 14.4 Å². The topological polar surface area (TPSA) is 35.0 Å². The minimum atomic E-state index is -0.308. The average Bonchev–Trinajstić information content (AvgIpc) is 3.08. The lowest BCUT2D eigenvalue weighted by atomic mass is 9.92. The number of benzene rings is 2. The van der Waals surface area contributed by atoms with Gasteiger partial charge >= 0.3 is 0 Å². The minimum Gasteiger partial charge on any atom is -0.494 e. The number of nitrogens with zero attached hydrogens (tertiary/aromatic N) is 2. The molecule has 8 heteroatoms. The van der Waals surface area contributed by atoms with Crippen LogP contribution in [0.3, 0.4) is 0 Å². The van der Waals surface area contributed by atoms with Gasteiger partial charge in [-0.3, -0.25) is 0 Å². The second-order valence-corrected chi connectivity index (χ2v) is 8.56. The van der Waals surface area contributed by atoms with Crippen molar-refractivity contribution in [1.29, 1.82) is 0 Å². The van der Waals surface area contributed by atoms with Crippen LogP contribution < -0.4 is 4.74 Å². The zero-order valence-electron chi connectivity index (χ0n) is 15.6. The van der Waals surface area contributed by atoms with Gasteiger partial charge in [0.1, 0.15) is 22.1 Å². The van der Waals surface area contributed by atoms with Gasteiger partial charge in [-0.05, 0) is 48.2 Å². The van der Waals surface area contributed by atoms with Crippen molar-refractivity contribution in [3.63, 3.8) is 0 Å². The number of aromatic nitrogens is 2. The molecule has 0 aliphatic carbocycles. The minimum absolute atomic E-state index is 0.308. The number of hydrogen-bond acceptors (Lipinski definition) is 4. The van der Waals surface area contributed by atoms with E-state index in [1.54, 1.807) is 12.1 Å². The van der Waals surface area contributed by atoms with E-state index in [4.69, 9.17) is 39.5 Å². The number of rotatable bonds is 3. The first kappa shape index (κ1) is 20.4. The third kappa shape index (κ3) is 3.26. The summed E-state index contributed by atoms with van der Waals surface area (Å²) in [5.74, 6) is 0.120. The van der Waals surface area contributed by atoms with Gasteiger partial charge in [0, 0.05) is 10.4 Å². The van der Waals surface area contributed by atoms with Crippen LogP contribution in [0.5, 0.6) is 5.75 Å². The van der Waals surface area contributed by atoms with Crippen LogP contribution >= 0.6 is 46.1 Å². The molecule has 0 unspecified atom stereocenters. The van der Waals surface area contributed by atoms with Crippen LogP contribution in [-0.2, 0) is 0 Å². The molecule has 2 aromatic carbocycles. The van der Waals surface area contributed by atoms with Crippen molar-refractivity contribution in [1.82, 2.24) is 9.97 Å². The van der Waals surface area contributed by atoms with Crippen LogP contribution in [0.25, 0.3) is 31.8 Å². The summed E-state index contributed by atoms with van der Waals surface area (Å²) in [6.45, 7) is 3.80. The first-order valence-electron chi connectivity index (χ1n) is 8.56. The van der Waals surface area contributed by atoms with E-state index >= 15 is 0 Å². The number of thiophene rings is 1. The fourth-order valence-corrected chi connectivity index (χ4v) is 5.45. The molecule has 148 valence electrons. The summed E-state index contributed by atoms with van der Waals surface area (Å²) >= 11 is 21.1. The van der Waals surface area contributed by atoms with Crippen molar-refractivity contribution < 1.29 is 9.13 Å². The maximum Gasteiger partial charge on any atom is 0.156 e. The van der Waals surface area contributed by atoms with E-state index in [9.17, 15) is 4.39 Å².